The number of nitrogens with one attached hydrogen (secondary N) is 1. The lowest BCUT2D eigenvalue weighted by Crippen LogP contribution is -2.52. The monoisotopic (exact) mass is 560 g/mol. The summed E-state index contributed by atoms with van der Waals surface area (Å²) in [7, 11) is 1.46. The van der Waals surface area contributed by atoms with Crippen LogP contribution in [0.3, 0.4) is 0 Å². The molecule has 1 fully saturated rings. The summed E-state index contributed by atoms with van der Waals surface area (Å²) in [6.45, 7) is 2.42. The number of likely N-dealkylation sites (tertiary alicyclic amines) is 1. The number of carbonyl (C=O) groups excluding carboxylic acids is 1. The third-order valence-corrected chi connectivity index (χ3v) is 6.57. The fourth-order valence-corrected chi connectivity index (χ4v) is 4.35. The molecule has 0 spiro atoms. The first-order valence-corrected chi connectivity index (χ1v) is 12.7. The van der Waals surface area contributed by atoms with Crippen LogP contribution in [0.25, 0.3) is 11.1 Å². The molecule has 0 bridgehead atoms. The zero-order valence-electron chi connectivity index (χ0n) is 22.2. The molecular weight excluding hydrogens is 534 g/mol. The Balaban J connectivity index is 1.27. The Bertz CT molecular complexity index is 1550. The summed E-state index contributed by atoms with van der Waals surface area (Å²) in [6, 6.07) is 12.2. The number of rotatable bonds is 10. The second kappa shape index (κ2) is 12.0. The fourth-order valence-electron chi connectivity index (χ4n) is 4.35. The summed E-state index contributed by atoms with van der Waals surface area (Å²) >= 11 is 0. The van der Waals surface area contributed by atoms with E-state index < -0.39 is 12.3 Å². The number of nitrogens with zero attached hydrogens (tertiary/aromatic N) is 7. The van der Waals surface area contributed by atoms with Gasteiger partial charge in [0.15, 0.2) is 0 Å². The van der Waals surface area contributed by atoms with Crippen molar-refractivity contribution in [2.45, 2.75) is 26.0 Å². The van der Waals surface area contributed by atoms with Gasteiger partial charge in [-0.2, -0.15) is 10.4 Å². The number of anilines is 2. The Hall–Kier alpha value is -5.12. The molecule has 210 valence electrons. The minimum atomic E-state index is -2.43. The molecule has 1 atom stereocenters. The second-order valence-corrected chi connectivity index (χ2v) is 9.51. The van der Waals surface area contributed by atoms with E-state index in [2.05, 4.69) is 31.4 Å². The number of methoxy groups -OCH3 is 1. The number of hydrogen-bond acceptors (Lipinski definition) is 9. The highest BCUT2D eigenvalue weighted by Gasteiger charge is 2.37. The van der Waals surface area contributed by atoms with Crippen LogP contribution in [0.2, 0.25) is 0 Å². The molecule has 11 nitrogen and oxygen atoms in total. The van der Waals surface area contributed by atoms with Crippen molar-refractivity contribution in [1.82, 2.24) is 29.6 Å². The number of amides is 1. The number of nitriles is 1. The lowest BCUT2D eigenvalue weighted by molar-refractivity contribution is -0.0152. The third-order valence-electron chi connectivity index (χ3n) is 6.57. The molecule has 1 aliphatic rings. The van der Waals surface area contributed by atoms with Crippen molar-refractivity contribution in [2.24, 2.45) is 5.92 Å². The van der Waals surface area contributed by atoms with Crippen LogP contribution >= 0.6 is 0 Å². The van der Waals surface area contributed by atoms with Gasteiger partial charge in [0, 0.05) is 36.6 Å². The smallest absolute Gasteiger partial charge is 0.254 e. The number of aromatic nitrogens is 5. The van der Waals surface area contributed by atoms with Gasteiger partial charge < -0.3 is 19.7 Å². The second-order valence-electron chi connectivity index (χ2n) is 9.51. The first kappa shape index (κ1) is 27.4. The molecule has 1 saturated heterocycles. The summed E-state index contributed by atoms with van der Waals surface area (Å²) in [4.78, 5) is 26.7. The minimum absolute atomic E-state index is 0.0356. The van der Waals surface area contributed by atoms with Crippen molar-refractivity contribution < 1.29 is 23.0 Å². The SMILES string of the molecule is COc1cc(C(=O)N2CC(C(F)F)C2)ccc1Nc1ncc(-c2ccc(C#N)c(O[C@@H](C)Cn3cncn3)c2)cn1. The van der Waals surface area contributed by atoms with Crippen LogP contribution in [0.15, 0.2) is 61.4 Å². The lowest BCUT2D eigenvalue weighted by Gasteiger charge is -2.38. The molecule has 0 radical (unpaired) electrons. The predicted molar refractivity (Wildman–Crippen MR) is 144 cm³/mol. The number of carbonyl (C=O) groups is 1. The molecule has 2 aromatic heterocycles. The number of ether oxygens (including phenoxy) is 2. The van der Waals surface area contributed by atoms with Crippen molar-refractivity contribution in [2.75, 3.05) is 25.5 Å². The van der Waals surface area contributed by atoms with Crippen molar-refractivity contribution in [3.8, 4) is 28.7 Å². The molecule has 1 aliphatic heterocycles. The zero-order valence-corrected chi connectivity index (χ0v) is 22.2. The number of alkyl halides is 2. The average molecular weight is 561 g/mol. The lowest BCUT2D eigenvalue weighted by atomic mass is 9.99. The Kier molecular flexibility index (Phi) is 8.00. The Morgan fingerprint density at radius 3 is 2.59 bits per heavy atom. The average Bonchev–Trinajstić information content (AvgIpc) is 3.45. The molecule has 5 rings (SSSR count). The van der Waals surface area contributed by atoms with Gasteiger partial charge in [0.1, 0.15) is 36.3 Å². The van der Waals surface area contributed by atoms with Crippen LogP contribution in [0, 0.1) is 17.2 Å². The molecule has 0 saturated carbocycles. The van der Waals surface area contributed by atoms with Gasteiger partial charge in [-0.05, 0) is 42.8 Å². The van der Waals surface area contributed by atoms with Gasteiger partial charge in [0.2, 0.25) is 12.4 Å². The molecule has 2 aromatic carbocycles. The number of hydrogen-bond donors (Lipinski definition) is 1. The topological polar surface area (TPSA) is 131 Å². The minimum Gasteiger partial charge on any atom is -0.495 e. The first-order chi connectivity index (χ1) is 19.8. The summed E-state index contributed by atoms with van der Waals surface area (Å²) in [6.07, 6.45) is 3.61. The van der Waals surface area contributed by atoms with Crippen LogP contribution in [-0.2, 0) is 6.54 Å². The number of halogens is 2. The highest BCUT2D eigenvalue weighted by atomic mass is 19.3. The normalized spacial score (nSPS) is 13.8. The van der Waals surface area contributed by atoms with Gasteiger partial charge >= 0.3 is 0 Å². The highest BCUT2D eigenvalue weighted by Crippen LogP contribution is 2.31. The van der Waals surface area contributed by atoms with Crippen LogP contribution in [0.5, 0.6) is 11.5 Å². The third kappa shape index (κ3) is 6.22. The van der Waals surface area contributed by atoms with Gasteiger partial charge in [-0.15, -0.1) is 0 Å². The number of benzene rings is 2. The maximum Gasteiger partial charge on any atom is 0.254 e. The zero-order chi connectivity index (χ0) is 28.9. The fraction of sp³-hybridized carbons (Fsp3) is 0.286. The molecule has 1 amide bonds. The summed E-state index contributed by atoms with van der Waals surface area (Å²) in [5, 5.41) is 16.7. The van der Waals surface area contributed by atoms with E-state index >= 15 is 0 Å². The van der Waals surface area contributed by atoms with Crippen LogP contribution in [0.4, 0.5) is 20.4 Å². The van der Waals surface area contributed by atoms with Gasteiger partial charge in [0.05, 0.1) is 30.8 Å². The Morgan fingerprint density at radius 1 is 1.15 bits per heavy atom. The maximum absolute atomic E-state index is 12.8. The predicted octanol–water partition coefficient (Wildman–Crippen LogP) is 4.16. The van der Waals surface area contributed by atoms with Crippen LogP contribution in [-0.4, -0.2) is 68.3 Å². The molecule has 1 N–H and O–H groups in total. The van der Waals surface area contributed by atoms with Gasteiger partial charge in [-0.25, -0.2) is 28.4 Å². The molecule has 4 aromatic rings. The summed E-state index contributed by atoms with van der Waals surface area (Å²) in [5.41, 5.74) is 2.74. The van der Waals surface area contributed by atoms with Crippen molar-refractivity contribution >= 4 is 17.5 Å². The molecule has 41 heavy (non-hydrogen) atoms. The molecule has 0 aliphatic carbocycles. The van der Waals surface area contributed by atoms with Gasteiger partial charge in [-0.3, -0.25) is 4.79 Å². The van der Waals surface area contributed by atoms with E-state index in [-0.39, 0.29) is 25.1 Å². The van der Waals surface area contributed by atoms with E-state index in [1.165, 1.54) is 18.3 Å². The largest absolute Gasteiger partial charge is 0.495 e. The van der Waals surface area contributed by atoms with E-state index in [1.54, 1.807) is 59.8 Å². The van der Waals surface area contributed by atoms with E-state index in [9.17, 15) is 18.8 Å². The molecule has 13 heteroatoms. The van der Waals surface area contributed by atoms with Crippen LogP contribution < -0.4 is 14.8 Å². The van der Waals surface area contributed by atoms with Crippen molar-refractivity contribution in [1.29, 1.82) is 5.26 Å². The van der Waals surface area contributed by atoms with Crippen molar-refractivity contribution in [3.05, 3.63) is 72.6 Å². The first-order valence-electron chi connectivity index (χ1n) is 12.7. The van der Waals surface area contributed by atoms with Gasteiger partial charge in [0.25, 0.3) is 5.91 Å². The molecule has 3 heterocycles. The molecule has 0 unspecified atom stereocenters. The quantitative estimate of drug-likeness (QED) is 0.304. The molecular formula is C28H26F2N8O3. The van der Waals surface area contributed by atoms with E-state index in [1.807, 2.05) is 6.92 Å². The van der Waals surface area contributed by atoms with Gasteiger partial charge in [-0.1, -0.05) is 6.07 Å². The standard InChI is InChI=1S/C28H26F2N8O3/c1-17(12-38-16-32-15-35-38)41-24-7-18(3-4-20(24)9-31)21-10-33-28(34-11-21)36-23-6-5-19(8-25(23)40-2)27(39)37-13-22(14-37)26(29)30/h3-8,10-11,15-17,22,26H,12-14H2,1-2H3,(H,33,34,36)/t17-/m0/s1. The summed E-state index contributed by atoms with van der Waals surface area (Å²) in [5.74, 6) is -0.00379. The Labute approximate surface area is 234 Å². The van der Waals surface area contributed by atoms with Crippen molar-refractivity contribution in [3.63, 3.8) is 0 Å². The van der Waals surface area contributed by atoms with Crippen LogP contribution in [0.1, 0.15) is 22.8 Å². The maximum atomic E-state index is 12.8. The van der Waals surface area contributed by atoms with E-state index in [0.29, 0.717) is 46.4 Å². The Morgan fingerprint density at radius 2 is 1.93 bits per heavy atom. The van der Waals surface area contributed by atoms with E-state index in [0.717, 1.165) is 5.56 Å². The summed E-state index contributed by atoms with van der Waals surface area (Å²) < 4.78 is 38.7. The van der Waals surface area contributed by atoms with E-state index in [4.69, 9.17) is 9.47 Å². The highest BCUT2D eigenvalue weighted by molar-refractivity contribution is 5.96.